The van der Waals surface area contributed by atoms with Crippen LogP contribution in [0.2, 0.25) is 5.15 Å². The van der Waals surface area contributed by atoms with Crippen molar-refractivity contribution in [1.82, 2.24) is 19.9 Å². The molecule has 0 aliphatic carbocycles. The lowest BCUT2D eigenvalue weighted by atomic mass is 9.80. The van der Waals surface area contributed by atoms with E-state index in [9.17, 15) is 26.3 Å². The fourth-order valence-corrected chi connectivity index (χ4v) is 7.38. The van der Waals surface area contributed by atoms with E-state index in [0.717, 1.165) is 80.9 Å². The Labute approximate surface area is 326 Å². The first-order chi connectivity index (χ1) is 26.4. The van der Waals surface area contributed by atoms with Gasteiger partial charge in [-0.3, -0.25) is 9.97 Å². The van der Waals surface area contributed by atoms with Crippen molar-refractivity contribution in [3.8, 4) is 11.3 Å². The summed E-state index contributed by atoms with van der Waals surface area (Å²) in [6, 6.07) is 10.6. The number of fused-ring (bicyclic) bond motifs is 8. The second-order valence-electron chi connectivity index (χ2n) is 15.5. The Hall–Kier alpha value is -4.35. The Morgan fingerprint density at radius 1 is 0.714 bits per heavy atom. The van der Waals surface area contributed by atoms with E-state index in [1.807, 2.05) is 39.8 Å². The van der Waals surface area contributed by atoms with Gasteiger partial charge in [0.2, 0.25) is 0 Å². The fourth-order valence-electron chi connectivity index (χ4n) is 7.23. The molecule has 2 N–H and O–H groups in total. The van der Waals surface area contributed by atoms with E-state index < -0.39 is 41.8 Å². The van der Waals surface area contributed by atoms with Crippen LogP contribution in [-0.4, -0.2) is 76.5 Å². The molecule has 5 aliphatic rings. The van der Waals surface area contributed by atoms with E-state index in [4.69, 9.17) is 20.9 Å². The van der Waals surface area contributed by atoms with Crippen molar-refractivity contribution in [3.63, 3.8) is 0 Å². The smallest absolute Gasteiger partial charge is 0.399 e. The number of alkyl halides is 6. The minimum atomic E-state index is -4.42. The largest absolute Gasteiger partial charge is 0.496 e. The number of rotatable bonds is 2. The van der Waals surface area contributed by atoms with Crippen LogP contribution in [0.1, 0.15) is 64.5 Å². The third-order valence-electron chi connectivity index (χ3n) is 10.9. The van der Waals surface area contributed by atoms with Gasteiger partial charge in [-0.15, -0.1) is 0 Å². The number of aromatic nitrogens is 4. The third-order valence-corrected chi connectivity index (χ3v) is 11.1. The third kappa shape index (κ3) is 8.64. The molecule has 298 valence electrons. The highest BCUT2D eigenvalue weighted by molar-refractivity contribution is 6.62. The highest BCUT2D eigenvalue weighted by atomic mass is 35.5. The first kappa shape index (κ1) is 39.9. The molecule has 0 amide bonds. The highest BCUT2D eigenvalue weighted by Crippen LogP contribution is 2.39. The van der Waals surface area contributed by atoms with Gasteiger partial charge in [0.15, 0.2) is 11.6 Å². The lowest BCUT2D eigenvalue weighted by Crippen LogP contribution is -2.46. The topological polar surface area (TPSA) is 101 Å². The van der Waals surface area contributed by atoms with Crippen molar-refractivity contribution in [1.29, 1.82) is 0 Å². The number of anilines is 4. The van der Waals surface area contributed by atoms with Gasteiger partial charge in [-0.2, -0.15) is 26.3 Å². The van der Waals surface area contributed by atoms with Gasteiger partial charge in [0, 0.05) is 74.1 Å². The molecule has 2 atom stereocenters. The zero-order valence-electron chi connectivity index (χ0n) is 31.3. The van der Waals surface area contributed by atoms with Crippen LogP contribution in [0.15, 0.2) is 61.2 Å². The summed E-state index contributed by atoms with van der Waals surface area (Å²) in [6.45, 7) is 11.6. The predicted octanol–water partition coefficient (Wildman–Crippen LogP) is 8.09. The Morgan fingerprint density at radius 2 is 1.23 bits per heavy atom. The Balaban J connectivity index is 0.000000132. The van der Waals surface area contributed by atoms with Crippen LogP contribution in [0.4, 0.5) is 49.4 Å². The maximum atomic E-state index is 12.8. The maximum Gasteiger partial charge on any atom is 0.496 e. The molecule has 0 unspecified atom stereocenters. The van der Waals surface area contributed by atoms with Gasteiger partial charge in [-0.05, 0) is 89.8 Å². The molecule has 56 heavy (non-hydrogen) atoms. The average molecular weight is 803 g/mol. The summed E-state index contributed by atoms with van der Waals surface area (Å²) in [5, 5.41) is 7.39. The second kappa shape index (κ2) is 15.2. The molecule has 4 aromatic rings. The normalized spacial score (nSPS) is 21.6. The van der Waals surface area contributed by atoms with Crippen molar-refractivity contribution in [3.05, 3.63) is 77.5 Å². The Bertz CT molecular complexity index is 2040. The molecule has 9 rings (SSSR count). The molecule has 0 radical (unpaired) electrons. The molecule has 4 aromatic heterocycles. The van der Waals surface area contributed by atoms with E-state index in [1.165, 1.54) is 30.9 Å². The summed E-state index contributed by atoms with van der Waals surface area (Å²) in [4.78, 5) is 20.8. The minimum Gasteiger partial charge on any atom is -0.399 e. The maximum absolute atomic E-state index is 12.8. The summed E-state index contributed by atoms with van der Waals surface area (Å²) in [5.41, 5.74) is 0.607. The standard InChI is InChI=1S/C16H15F3N4.C12H15BF3NO2.C10H12ClN3/c17-16(18,19)11-6-10(7-20-8-11)13-3-4-14-15(22-13)21-12-2-1-5-23(14)9-12;1-10(2)11(3,4)19-13(18-10)9-5-8(6-17-7-9)12(14,15)16;11-9-4-3-8-10(13-9)12-7-2-1-5-14(8)6-7/h3-4,6-8,12H,1-2,5,9H2,(H,21,22);5-7H,1-4H3;3-4,7H,1-2,5-6H2,(H,12,13)/t12-;;7-/m0.0/s1. The van der Waals surface area contributed by atoms with E-state index in [2.05, 4.69) is 46.4 Å². The zero-order valence-corrected chi connectivity index (χ0v) is 32.1. The van der Waals surface area contributed by atoms with Crippen LogP contribution < -0.4 is 25.9 Å². The number of pyridine rings is 4. The molecular formula is C38H42BClF6N8O2. The van der Waals surface area contributed by atoms with Crippen molar-refractivity contribution >= 4 is 47.2 Å². The molecule has 0 saturated carbocycles. The molecule has 3 fully saturated rings. The number of piperidine rings is 2. The molecule has 5 aliphatic heterocycles. The molecule has 4 bridgehead atoms. The van der Waals surface area contributed by atoms with Gasteiger partial charge in [-0.25, -0.2) is 9.97 Å². The molecule has 0 spiro atoms. The molecular weight excluding hydrogens is 761 g/mol. The van der Waals surface area contributed by atoms with Crippen molar-refractivity contribution in [2.24, 2.45) is 0 Å². The van der Waals surface area contributed by atoms with Gasteiger partial charge < -0.3 is 29.7 Å². The zero-order chi connectivity index (χ0) is 40.0. The van der Waals surface area contributed by atoms with Crippen molar-refractivity contribution in [2.45, 2.75) is 89.0 Å². The summed E-state index contributed by atoms with van der Waals surface area (Å²) >= 11 is 5.86. The highest BCUT2D eigenvalue weighted by Gasteiger charge is 2.52. The van der Waals surface area contributed by atoms with Crippen LogP contribution in [-0.2, 0) is 21.7 Å². The summed E-state index contributed by atoms with van der Waals surface area (Å²) in [5.74, 6) is 1.70. The Kier molecular flexibility index (Phi) is 10.8. The monoisotopic (exact) mass is 802 g/mol. The summed E-state index contributed by atoms with van der Waals surface area (Å²) < 4.78 is 87.8. The van der Waals surface area contributed by atoms with Gasteiger partial charge in [0.05, 0.1) is 39.4 Å². The lowest BCUT2D eigenvalue weighted by molar-refractivity contribution is -0.138. The summed E-state index contributed by atoms with van der Waals surface area (Å²) in [7, 11) is -0.834. The number of nitrogens with zero attached hydrogens (tertiary/aromatic N) is 6. The number of hydrogen-bond donors (Lipinski definition) is 2. The van der Waals surface area contributed by atoms with Crippen LogP contribution in [0, 0.1) is 0 Å². The minimum absolute atomic E-state index is 0.272. The molecule has 0 aromatic carbocycles. The quantitative estimate of drug-likeness (QED) is 0.118. The van der Waals surface area contributed by atoms with E-state index in [-0.39, 0.29) is 5.46 Å². The Morgan fingerprint density at radius 3 is 1.80 bits per heavy atom. The first-order valence-corrected chi connectivity index (χ1v) is 18.8. The number of nitrogens with one attached hydrogen (secondary N) is 2. The van der Waals surface area contributed by atoms with Gasteiger partial charge in [0.1, 0.15) is 5.15 Å². The average Bonchev–Trinajstić information content (AvgIpc) is 3.37. The van der Waals surface area contributed by atoms with Crippen LogP contribution in [0.25, 0.3) is 11.3 Å². The molecule has 3 saturated heterocycles. The van der Waals surface area contributed by atoms with E-state index >= 15 is 0 Å². The SMILES string of the molecule is CC1(C)OB(c2cncc(C(F)(F)F)c2)OC1(C)C.Clc1ccc2c(n1)N[C@H]1CCCN2C1.FC(F)(F)c1cncc(-c2ccc3c(n2)N[C@H]2CCCN3C2)c1. The number of hydrogen-bond acceptors (Lipinski definition) is 10. The second-order valence-corrected chi connectivity index (χ2v) is 15.9. The number of halogens is 7. The van der Waals surface area contributed by atoms with Crippen LogP contribution >= 0.6 is 11.6 Å². The first-order valence-electron chi connectivity index (χ1n) is 18.5. The van der Waals surface area contributed by atoms with Crippen LogP contribution in [0.3, 0.4) is 0 Å². The van der Waals surface area contributed by atoms with Crippen molar-refractivity contribution < 1.29 is 35.7 Å². The van der Waals surface area contributed by atoms with E-state index in [1.54, 1.807) is 6.07 Å². The van der Waals surface area contributed by atoms with E-state index in [0.29, 0.717) is 28.5 Å². The summed E-state index contributed by atoms with van der Waals surface area (Å²) in [6.07, 6.45) is 0.258. The lowest BCUT2D eigenvalue weighted by Gasteiger charge is -2.40. The van der Waals surface area contributed by atoms with Gasteiger partial charge >= 0.3 is 19.5 Å². The molecule has 18 heteroatoms. The van der Waals surface area contributed by atoms with Gasteiger partial charge in [-0.1, -0.05) is 11.6 Å². The molecule has 9 heterocycles. The fraction of sp³-hybridized carbons (Fsp3) is 0.474. The van der Waals surface area contributed by atoms with Crippen molar-refractivity contribution in [2.75, 3.05) is 46.6 Å². The van der Waals surface area contributed by atoms with Crippen LogP contribution in [0.5, 0.6) is 0 Å². The predicted molar refractivity (Wildman–Crippen MR) is 204 cm³/mol. The van der Waals surface area contributed by atoms with Gasteiger partial charge in [0.25, 0.3) is 0 Å². The molecule has 10 nitrogen and oxygen atoms in total.